The van der Waals surface area contributed by atoms with Crippen molar-refractivity contribution in [1.29, 1.82) is 0 Å². The maximum atomic E-state index is 13.7. The van der Waals surface area contributed by atoms with Crippen LogP contribution in [0.3, 0.4) is 0 Å². The Kier molecular flexibility index (Phi) is 7.14. The van der Waals surface area contributed by atoms with Crippen LogP contribution in [0.25, 0.3) is 0 Å². The van der Waals surface area contributed by atoms with Crippen LogP contribution in [0.1, 0.15) is 40.7 Å². The lowest BCUT2D eigenvalue weighted by Gasteiger charge is -2.21. The first-order valence-corrected chi connectivity index (χ1v) is 8.66. The maximum Gasteiger partial charge on any atom is 0.338 e. The molecule has 0 fully saturated rings. The van der Waals surface area contributed by atoms with Gasteiger partial charge in [0.1, 0.15) is 5.82 Å². The van der Waals surface area contributed by atoms with E-state index in [0.717, 1.165) is 24.1 Å². The summed E-state index contributed by atoms with van der Waals surface area (Å²) in [5, 5.41) is 0. The molecule has 0 N–H and O–H groups in total. The van der Waals surface area contributed by atoms with Crippen molar-refractivity contribution < 1.29 is 13.9 Å². The summed E-state index contributed by atoms with van der Waals surface area (Å²) in [6, 6.07) is 14.3. The summed E-state index contributed by atoms with van der Waals surface area (Å²) in [5.74, 6) is -0.400. The molecule has 2 aromatic rings. The lowest BCUT2D eigenvalue weighted by atomic mass is 9.87. The van der Waals surface area contributed by atoms with Crippen molar-refractivity contribution in [2.75, 3.05) is 27.2 Å². The number of hydrogen-bond acceptors (Lipinski definition) is 3. The van der Waals surface area contributed by atoms with Crippen LogP contribution < -0.4 is 0 Å². The largest absolute Gasteiger partial charge is 0.462 e. The third-order valence-electron chi connectivity index (χ3n) is 4.22. The molecule has 0 bridgehead atoms. The van der Waals surface area contributed by atoms with E-state index < -0.39 is 0 Å². The highest BCUT2D eigenvalue weighted by Crippen LogP contribution is 2.27. The molecule has 0 aliphatic carbocycles. The fourth-order valence-corrected chi connectivity index (χ4v) is 2.93. The zero-order valence-corrected chi connectivity index (χ0v) is 15.2. The summed E-state index contributed by atoms with van der Waals surface area (Å²) in [6.45, 7) is 3.04. The first-order chi connectivity index (χ1) is 12.0. The number of halogens is 1. The summed E-state index contributed by atoms with van der Waals surface area (Å²) >= 11 is 0. The van der Waals surface area contributed by atoms with Crippen molar-refractivity contribution in [1.82, 2.24) is 4.90 Å². The average Bonchev–Trinajstić information content (AvgIpc) is 2.59. The minimum Gasteiger partial charge on any atom is -0.462 e. The first-order valence-electron chi connectivity index (χ1n) is 8.66. The van der Waals surface area contributed by atoms with E-state index in [0.29, 0.717) is 18.6 Å². The van der Waals surface area contributed by atoms with Crippen molar-refractivity contribution in [3.63, 3.8) is 0 Å². The van der Waals surface area contributed by atoms with E-state index in [1.165, 1.54) is 6.07 Å². The summed E-state index contributed by atoms with van der Waals surface area (Å²) < 4.78 is 18.9. The van der Waals surface area contributed by atoms with Crippen LogP contribution >= 0.6 is 0 Å². The summed E-state index contributed by atoms with van der Waals surface area (Å²) in [4.78, 5) is 14.3. The van der Waals surface area contributed by atoms with Crippen molar-refractivity contribution in [2.24, 2.45) is 0 Å². The molecule has 0 radical (unpaired) electrons. The quantitative estimate of drug-likeness (QED) is 0.670. The van der Waals surface area contributed by atoms with Crippen molar-refractivity contribution >= 4 is 5.97 Å². The van der Waals surface area contributed by atoms with Gasteiger partial charge in [0.15, 0.2) is 0 Å². The van der Waals surface area contributed by atoms with Gasteiger partial charge in [0.05, 0.1) is 12.2 Å². The van der Waals surface area contributed by atoms with E-state index in [9.17, 15) is 9.18 Å². The van der Waals surface area contributed by atoms with Gasteiger partial charge in [0, 0.05) is 0 Å². The molecule has 134 valence electrons. The number of benzene rings is 2. The second kappa shape index (κ2) is 9.33. The zero-order chi connectivity index (χ0) is 18.2. The Morgan fingerprint density at radius 3 is 2.60 bits per heavy atom. The first kappa shape index (κ1) is 19.1. The minimum atomic E-state index is -0.302. The van der Waals surface area contributed by atoms with Gasteiger partial charge in [-0.1, -0.05) is 30.3 Å². The van der Waals surface area contributed by atoms with E-state index in [4.69, 9.17) is 4.74 Å². The Bertz CT molecular complexity index is 700. The van der Waals surface area contributed by atoms with Gasteiger partial charge in [-0.3, -0.25) is 0 Å². The van der Waals surface area contributed by atoms with Gasteiger partial charge in [-0.25, -0.2) is 9.18 Å². The highest BCUT2D eigenvalue weighted by molar-refractivity contribution is 5.91. The van der Waals surface area contributed by atoms with Gasteiger partial charge in [-0.15, -0.1) is 0 Å². The molecule has 2 rings (SSSR count). The maximum absolute atomic E-state index is 13.7. The second-order valence-electron chi connectivity index (χ2n) is 6.43. The molecule has 1 unspecified atom stereocenters. The van der Waals surface area contributed by atoms with Crippen LogP contribution in [0, 0.1) is 5.82 Å². The molecule has 0 aliphatic rings. The van der Waals surface area contributed by atoms with E-state index >= 15 is 0 Å². The molecule has 25 heavy (non-hydrogen) atoms. The molecule has 0 saturated carbocycles. The zero-order valence-electron chi connectivity index (χ0n) is 15.2. The Labute approximate surface area is 149 Å². The molecular weight excluding hydrogens is 317 g/mol. The minimum absolute atomic E-state index is 0.133. The van der Waals surface area contributed by atoms with E-state index in [1.54, 1.807) is 25.1 Å². The standard InChI is InChI=1S/C21H26FNO2/c1-4-25-21(24)20-11-6-5-8-18(20)14-17(12-13-23(2)3)16-9-7-10-19(22)15-16/h5-11,15,17H,4,12-14H2,1-3H3. The van der Waals surface area contributed by atoms with Crippen LogP contribution in [-0.4, -0.2) is 38.1 Å². The molecule has 0 aliphatic heterocycles. The van der Waals surface area contributed by atoms with Crippen LogP contribution in [0.15, 0.2) is 48.5 Å². The van der Waals surface area contributed by atoms with Crippen molar-refractivity contribution in [3.05, 3.63) is 71.0 Å². The molecule has 3 nitrogen and oxygen atoms in total. The Balaban J connectivity index is 2.29. The van der Waals surface area contributed by atoms with Gasteiger partial charge in [0.2, 0.25) is 0 Å². The molecule has 0 aromatic heterocycles. The van der Waals surface area contributed by atoms with Gasteiger partial charge >= 0.3 is 5.97 Å². The molecule has 2 aromatic carbocycles. The molecule has 1 atom stereocenters. The Hall–Kier alpha value is -2.20. The number of hydrogen-bond donors (Lipinski definition) is 0. The predicted molar refractivity (Wildman–Crippen MR) is 98.4 cm³/mol. The van der Waals surface area contributed by atoms with Crippen molar-refractivity contribution in [2.45, 2.75) is 25.7 Å². The Morgan fingerprint density at radius 2 is 1.92 bits per heavy atom. The molecule has 4 heteroatoms. The Morgan fingerprint density at radius 1 is 1.16 bits per heavy atom. The molecular formula is C21H26FNO2. The third-order valence-corrected chi connectivity index (χ3v) is 4.22. The fraction of sp³-hybridized carbons (Fsp3) is 0.381. The number of rotatable bonds is 8. The normalized spacial score (nSPS) is 12.2. The highest BCUT2D eigenvalue weighted by Gasteiger charge is 2.18. The topological polar surface area (TPSA) is 29.5 Å². The monoisotopic (exact) mass is 343 g/mol. The average molecular weight is 343 g/mol. The predicted octanol–water partition coefficient (Wildman–Crippen LogP) is 4.28. The fourth-order valence-electron chi connectivity index (χ4n) is 2.93. The molecule has 0 spiro atoms. The van der Waals surface area contributed by atoms with Gasteiger partial charge in [-0.2, -0.15) is 0 Å². The number of ether oxygens (including phenoxy) is 1. The van der Waals surface area contributed by atoms with Crippen LogP contribution in [0.5, 0.6) is 0 Å². The lowest BCUT2D eigenvalue weighted by molar-refractivity contribution is 0.0525. The van der Waals surface area contributed by atoms with Crippen LogP contribution in [0.2, 0.25) is 0 Å². The number of esters is 1. The summed E-state index contributed by atoms with van der Waals surface area (Å²) in [6.07, 6.45) is 1.56. The number of carbonyl (C=O) groups is 1. The van der Waals surface area contributed by atoms with Crippen LogP contribution in [-0.2, 0) is 11.2 Å². The van der Waals surface area contributed by atoms with Crippen molar-refractivity contribution in [3.8, 4) is 0 Å². The van der Waals surface area contributed by atoms with E-state index in [2.05, 4.69) is 4.90 Å². The summed E-state index contributed by atoms with van der Waals surface area (Å²) in [7, 11) is 4.05. The van der Waals surface area contributed by atoms with Crippen LogP contribution in [0.4, 0.5) is 4.39 Å². The number of carbonyl (C=O) groups excluding carboxylic acids is 1. The SMILES string of the molecule is CCOC(=O)c1ccccc1CC(CCN(C)C)c1cccc(F)c1. The third kappa shape index (κ3) is 5.68. The number of nitrogens with zero attached hydrogens (tertiary/aromatic N) is 1. The van der Waals surface area contributed by atoms with E-state index in [-0.39, 0.29) is 17.7 Å². The summed E-state index contributed by atoms with van der Waals surface area (Å²) in [5.41, 5.74) is 2.49. The molecule has 0 amide bonds. The van der Waals surface area contributed by atoms with E-state index in [1.807, 2.05) is 38.4 Å². The van der Waals surface area contributed by atoms with Gasteiger partial charge in [0.25, 0.3) is 0 Å². The van der Waals surface area contributed by atoms with Gasteiger partial charge in [-0.05, 0) is 75.6 Å². The highest BCUT2D eigenvalue weighted by atomic mass is 19.1. The molecule has 0 saturated heterocycles. The van der Waals surface area contributed by atoms with Gasteiger partial charge < -0.3 is 9.64 Å². The lowest BCUT2D eigenvalue weighted by Crippen LogP contribution is -2.18. The smallest absolute Gasteiger partial charge is 0.338 e. The molecule has 0 heterocycles. The second-order valence-corrected chi connectivity index (χ2v) is 6.43.